The lowest BCUT2D eigenvalue weighted by molar-refractivity contribution is 0.284. The first kappa shape index (κ1) is 18.7. The number of ether oxygens (including phenoxy) is 3. The Balaban J connectivity index is 1.68. The van der Waals surface area contributed by atoms with Crippen LogP contribution in [0.1, 0.15) is 16.8 Å². The second-order valence-corrected chi connectivity index (χ2v) is 6.57. The minimum Gasteiger partial charge on any atom is -0.497 e. The molecule has 0 saturated carbocycles. The van der Waals surface area contributed by atoms with E-state index in [2.05, 4.69) is 15.5 Å². The zero-order chi connectivity index (χ0) is 19.1. The Hall–Kier alpha value is -3.06. The predicted molar refractivity (Wildman–Crippen MR) is 108 cm³/mol. The van der Waals surface area contributed by atoms with E-state index in [1.807, 2.05) is 54.8 Å². The Morgan fingerprint density at radius 3 is 2.74 bits per heavy atom. The minimum atomic E-state index is 0.408. The first-order valence-corrected chi connectivity index (χ1v) is 9.21. The molecule has 0 amide bonds. The summed E-state index contributed by atoms with van der Waals surface area (Å²) in [6.45, 7) is 2.35. The number of thiazole rings is 1. The third kappa shape index (κ3) is 5.21. The van der Waals surface area contributed by atoms with Crippen molar-refractivity contribution in [2.45, 2.75) is 13.5 Å². The standard InChI is InChI=1S/C20H21N3O3S/c1-14-13-27-20(22-14)23-21-11-15-7-8-18(25-3)19(10-15)26-12-16-5-4-6-17(9-16)24-2/h4-11,13H,12H2,1-3H3,(H,22,23). The Bertz CT molecular complexity index is 924. The van der Waals surface area contributed by atoms with Gasteiger partial charge < -0.3 is 14.2 Å². The maximum Gasteiger partial charge on any atom is 0.203 e. The zero-order valence-corrected chi connectivity index (χ0v) is 16.2. The van der Waals surface area contributed by atoms with Crippen LogP contribution in [-0.2, 0) is 6.61 Å². The van der Waals surface area contributed by atoms with E-state index in [9.17, 15) is 0 Å². The largest absolute Gasteiger partial charge is 0.497 e. The molecule has 2 aromatic carbocycles. The van der Waals surface area contributed by atoms with Crippen molar-refractivity contribution < 1.29 is 14.2 Å². The minimum absolute atomic E-state index is 0.408. The maximum absolute atomic E-state index is 5.95. The van der Waals surface area contributed by atoms with Gasteiger partial charge in [0.05, 0.1) is 26.1 Å². The molecule has 0 bridgehead atoms. The molecule has 0 aliphatic heterocycles. The van der Waals surface area contributed by atoms with E-state index in [-0.39, 0.29) is 0 Å². The predicted octanol–water partition coefficient (Wildman–Crippen LogP) is 4.49. The molecule has 0 aliphatic carbocycles. The van der Waals surface area contributed by atoms with Gasteiger partial charge in [-0.3, -0.25) is 5.43 Å². The number of hydrazone groups is 1. The van der Waals surface area contributed by atoms with Crippen molar-refractivity contribution in [3.63, 3.8) is 0 Å². The second-order valence-electron chi connectivity index (χ2n) is 5.71. The molecule has 0 unspecified atom stereocenters. The van der Waals surface area contributed by atoms with Gasteiger partial charge in [-0.15, -0.1) is 11.3 Å². The van der Waals surface area contributed by atoms with E-state index in [0.29, 0.717) is 18.1 Å². The fourth-order valence-electron chi connectivity index (χ4n) is 2.38. The molecule has 140 valence electrons. The Kier molecular flexibility index (Phi) is 6.27. The van der Waals surface area contributed by atoms with Crippen LogP contribution in [0.15, 0.2) is 52.9 Å². The lowest BCUT2D eigenvalue weighted by atomic mass is 10.2. The highest BCUT2D eigenvalue weighted by atomic mass is 32.1. The van der Waals surface area contributed by atoms with Crippen LogP contribution >= 0.6 is 11.3 Å². The van der Waals surface area contributed by atoms with Gasteiger partial charge in [0, 0.05) is 5.38 Å². The Labute approximate surface area is 162 Å². The molecule has 0 fully saturated rings. The molecule has 0 saturated heterocycles. The molecule has 1 heterocycles. The summed E-state index contributed by atoms with van der Waals surface area (Å²) in [5, 5.41) is 6.95. The van der Waals surface area contributed by atoms with Gasteiger partial charge in [0.1, 0.15) is 12.4 Å². The van der Waals surface area contributed by atoms with Gasteiger partial charge >= 0.3 is 0 Å². The summed E-state index contributed by atoms with van der Waals surface area (Å²) in [5.41, 5.74) is 5.79. The van der Waals surface area contributed by atoms with E-state index in [1.165, 1.54) is 11.3 Å². The van der Waals surface area contributed by atoms with Gasteiger partial charge in [0.2, 0.25) is 5.13 Å². The lowest BCUT2D eigenvalue weighted by Crippen LogP contribution is -1.99. The number of anilines is 1. The molecule has 0 atom stereocenters. The van der Waals surface area contributed by atoms with Crippen LogP contribution in [0.25, 0.3) is 0 Å². The number of nitrogens with one attached hydrogen (secondary N) is 1. The lowest BCUT2D eigenvalue weighted by Gasteiger charge is -2.12. The fourth-order valence-corrected chi connectivity index (χ4v) is 3.01. The quantitative estimate of drug-likeness (QED) is 0.458. The number of hydrogen-bond donors (Lipinski definition) is 1. The summed E-state index contributed by atoms with van der Waals surface area (Å²) in [5.74, 6) is 2.11. The molecule has 3 rings (SSSR count). The highest BCUT2D eigenvalue weighted by molar-refractivity contribution is 7.13. The van der Waals surface area contributed by atoms with Crippen molar-refractivity contribution in [2.75, 3.05) is 19.6 Å². The Morgan fingerprint density at radius 2 is 2.00 bits per heavy atom. The summed E-state index contributed by atoms with van der Waals surface area (Å²) in [7, 11) is 3.26. The van der Waals surface area contributed by atoms with Crippen molar-refractivity contribution in [1.29, 1.82) is 0 Å². The number of aromatic nitrogens is 1. The molecule has 6 nitrogen and oxygen atoms in total. The fraction of sp³-hybridized carbons (Fsp3) is 0.200. The van der Waals surface area contributed by atoms with Crippen LogP contribution in [0.3, 0.4) is 0 Å². The van der Waals surface area contributed by atoms with Crippen LogP contribution in [0.2, 0.25) is 0 Å². The molecular formula is C20H21N3O3S. The van der Waals surface area contributed by atoms with E-state index in [4.69, 9.17) is 14.2 Å². The molecule has 0 radical (unpaired) electrons. The molecule has 3 aromatic rings. The van der Waals surface area contributed by atoms with Gasteiger partial charge in [-0.1, -0.05) is 12.1 Å². The third-order valence-corrected chi connectivity index (χ3v) is 4.57. The number of methoxy groups -OCH3 is 2. The average Bonchev–Trinajstić information content (AvgIpc) is 3.11. The van der Waals surface area contributed by atoms with Crippen molar-refractivity contribution in [2.24, 2.45) is 5.10 Å². The number of benzene rings is 2. The zero-order valence-electron chi connectivity index (χ0n) is 15.4. The van der Waals surface area contributed by atoms with Crippen molar-refractivity contribution in [3.05, 3.63) is 64.7 Å². The number of rotatable bonds is 8. The normalized spacial score (nSPS) is 10.8. The highest BCUT2D eigenvalue weighted by Crippen LogP contribution is 2.28. The van der Waals surface area contributed by atoms with E-state index < -0.39 is 0 Å². The van der Waals surface area contributed by atoms with Crippen LogP contribution in [0.5, 0.6) is 17.2 Å². The topological polar surface area (TPSA) is 65.0 Å². The summed E-state index contributed by atoms with van der Waals surface area (Å²) in [6, 6.07) is 13.4. The molecule has 0 aliphatic rings. The summed E-state index contributed by atoms with van der Waals surface area (Å²) >= 11 is 1.51. The first-order chi connectivity index (χ1) is 13.2. The van der Waals surface area contributed by atoms with Crippen molar-refractivity contribution >= 4 is 22.7 Å². The van der Waals surface area contributed by atoms with Crippen LogP contribution in [0.4, 0.5) is 5.13 Å². The van der Waals surface area contributed by atoms with Gasteiger partial charge in [-0.25, -0.2) is 4.98 Å². The van der Waals surface area contributed by atoms with Crippen LogP contribution in [0, 0.1) is 6.92 Å². The maximum atomic E-state index is 5.95. The van der Waals surface area contributed by atoms with E-state index >= 15 is 0 Å². The smallest absolute Gasteiger partial charge is 0.203 e. The number of hydrogen-bond acceptors (Lipinski definition) is 7. The molecular weight excluding hydrogens is 362 g/mol. The molecule has 1 aromatic heterocycles. The second kappa shape index (κ2) is 9.05. The third-order valence-electron chi connectivity index (χ3n) is 3.71. The highest BCUT2D eigenvalue weighted by Gasteiger charge is 2.06. The van der Waals surface area contributed by atoms with E-state index in [1.54, 1.807) is 20.4 Å². The van der Waals surface area contributed by atoms with Gasteiger partial charge in [0.25, 0.3) is 0 Å². The Morgan fingerprint density at radius 1 is 1.11 bits per heavy atom. The number of aryl methyl sites for hydroxylation is 1. The van der Waals surface area contributed by atoms with E-state index in [0.717, 1.165) is 27.7 Å². The summed E-state index contributed by atoms with van der Waals surface area (Å²) in [4.78, 5) is 4.30. The van der Waals surface area contributed by atoms with Gasteiger partial charge in [0.15, 0.2) is 11.5 Å². The molecule has 1 N–H and O–H groups in total. The molecule has 0 spiro atoms. The van der Waals surface area contributed by atoms with Crippen LogP contribution < -0.4 is 19.6 Å². The monoisotopic (exact) mass is 383 g/mol. The summed E-state index contributed by atoms with van der Waals surface area (Å²) in [6.07, 6.45) is 1.72. The molecule has 27 heavy (non-hydrogen) atoms. The van der Waals surface area contributed by atoms with Crippen molar-refractivity contribution in [1.82, 2.24) is 4.98 Å². The van der Waals surface area contributed by atoms with Gasteiger partial charge in [-0.2, -0.15) is 5.10 Å². The molecule has 7 heteroatoms. The average molecular weight is 383 g/mol. The van der Waals surface area contributed by atoms with Gasteiger partial charge in [-0.05, 0) is 48.4 Å². The van der Waals surface area contributed by atoms with Crippen molar-refractivity contribution in [3.8, 4) is 17.2 Å². The van der Waals surface area contributed by atoms with Crippen LogP contribution in [-0.4, -0.2) is 25.4 Å². The first-order valence-electron chi connectivity index (χ1n) is 8.33. The SMILES string of the molecule is COc1cccc(COc2cc(C=NNc3nc(C)cs3)ccc2OC)c1. The number of nitrogens with zero attached hydrogens (tertiary/aromatic N) is 2. The summed E-state index contributed by atoms with van der Waals surface area (Å²) < 4.78 is 16.6.